The highest BCUT2D eigenvalue weighted by Gasteiger charge is 2.11. The second-order valence-corrected chi connectivity index (χ2v) is 5.45. The summed E-state index contributed by atoms with van der Waals surface area (Å²) in [7, 11) is 3.23. The van der Waals surface area contributed by atoms with Gasteiger partial charge in [0.2, 0.25) is 0 Å². The number of nitrogens with one attached hydrogen (secondary N) is 1. The number of hydrogen-bond acceptors (Lipinski definition) is 3. The summed E-state index contributed by atoms with van der Waals surface area (Å²) in [5.41, 5.74) is 2.02. The Morgan fingerprint density at radius 1 is 1.05 bits per heavy atom. The molecule has 0 aliphatic carbocycles. The van der Waals surface area contributed by atoms with E-state index >= 15 is 0 Å². The van der Waals surface area contributed by atoms with E-state index in [0.717, 1.165) is 15.6 Å². The third-order valence-corrected chi connectivity index (χ3v) is 3.54. The first-order chi connectivity index (χ1) is 10.1. The Morgan fingerprint density at radius 2 is 1.76 bits per heavy atom. The molecule has 112 valence electrons. The summed E-state index contributed by atoms with van der Waals surface area (Å²) in [6, 6.07) is 10.3. The highest BCUT2D eigenvalue weighted by molar-refractivity contribution is 9.10. The first kappa shape index (κ1) is 15.8. The molecule has 0 aliphatic heterocycles. The van der Waals surface area contributed by atoms with Gasteiger partial charge in [-0.1, -0.05) is 28.1 Å². The van der Waals surface area contributed by atoms with Crippen molar-refractivity contribution in [2.45, 2.75) is 13.1 Å². The lowest BCUT2D eigenvalue weighted by Crippen LogP contribution is -2.13. The summed E-state index contributed by atoms with van der Waals surface area (Å²) >= 11 is 3.46. The Kier molecular flexibility index (Phi) is 5.59. The van der Waals surface area contributed by atoms with Crippen LogP contribution >= 0.6 is 15.9 Å². The predicted octanol–water partition coefficient (Wildman–Crippen LogP) is 3.90. The molecule has 2 aromatic carbocycles. The highest BCUT2D eigenvalue weighted by atomic mass is 79.9. The maximum absolute atomic E-state index is 12.8. The van der Waals surface area contributed by atoms with Crippen LogP contribution in [0.15, 0.2) is 40.9 Å². The first-order valence-corrected chi connectivity index (χ1v) is 7.29. The molecule has 21 heavy (non-hydrogen) atoms. The zero-order chi connectivity index (χ0) is 15.2. The zero-order valence-corrected chi connectivity index (χ0v) is 13.5. The SMILES string of the molecule is COc1cc(Br)cc(CNCc2ccc(F)cc2)c1OC. The van der Waals surface area contributed by atoms with Crippen molar-refractivity contribution in [1.82, 2.24) is 5.32 Å². The molecule has 0 saturated heterocycles. The fourth-order valence-corrected chi connectivity index (χ4v) is 2.57. The number of benzene rings is 2. The van der Waals surface area contributed by atoms with Crippen LogP contribution in [-0.2, 0) is 13.1 Å². The molecule has 2 aromatic rings. The van der Waals surface area contributed by atoms with Gasteiger partial charge in [-0.2, -0.15) is 0 Å². The molecule has 0 aromatic heterocycles. The summed E-state index contributed by atoms with van der Waals surface area (Å²) in [5, 5.41) is 3.31. The third-order valence-electron chi connectivity index (χ3n) is 3.08. The average molecular weight is 354 g/mol. The second-order valence-electron chi connectivity index (χ2n) is 4.53. The van der Waals surface area contributed by atoms with E-state index in [4.69, 9.17) is 9.47 Å². The molecule has 0 spiro atoms. The monoisotopic (exact) mass is 353 g/mol. The van der Waals surface area contributed by atoms with E-state index < -0.39 is 0 Å². The number of halogens is 2. The van der Waals surface area contributed by atoms with Crippen LogP contribution in [0.4, 0.5) is 4.39 Å². The zero-order valence-electron chi connectivity index (χ0n) is 12.0. The number of methoxy groups -OCH3 is 2. The molecule has 0 heterocycles. The maximum Gasteiger partial charge on any atom is 0.165 e. The molecule has 0 radical (unpaired) electrons. The van der Waals surface area contributed by atoms with Gasteiger partial charge in [0.15, 0.2) is 11.5 Å². The van der Waals surface area contributed by atoms with Crippen molar-refractivity contribution in [3.63, 3.8) is 0 Å². The van der Waals surface area contributed by atoms with Crippen molar-refractivity contribution in [2.75, 3.05) is 14.2 Å². The summed E-state index contributed by atoms with van der Waals surface area (Å²) in [6.45, 7) is 1.27. The molecule has 0 saturated carbocycles. The predicted molar refractivity (Wildman–Crippen MR) is 84.2 cm³/mol. The Morgan fingerprint density at radius 3 is 2.38 bits per heavy atom. The normalized spacial score (nSPS) is 10.5. The smallest absolute Gasteiger partial charge is 0.165 e. The van der Waals surface area contributed by atoms with E-state index in [1.165, 1.54) is 12.1 Å². The molecule has 0 fully saturated rings. The fourth-order valence-electron chi connectivity index (χ4n) is 2.08. The van der Waals surface area contributed by atoms with E-state index in [1.54, 1.807) is 26.4 Å². The number of hydrogen-bond donors (Lipinski definition) is 1. The molecule has 0 amide bonds. The average Bonchev–Trinajstić information content (AvgIpc) is 2.48. The third kappa shape index (κ3) is 4.19. The fraction of sp³-hybridized carbons (Fsp3) is 0.250. The lowest BCUT2D eigenvalue weighted by molar-refractivity contribution is 0.350. The van der Waals surface area contributed by atoms with Gasteiger partial charge in [0.05, 0.1) is 14.2 Å². The Bertz CT molecular complexity index is 602. The molecule has 5 heteroatoms. The first-order valence-electron chi connectivity index (χ1n) is 6.49. The van der Waals surface area contributed by atoms with Gasteiger partial charge in [0, 0.05) is 23.1 Å². The van der Waals surface area contributed by atoms with Gasteiger partial charge in [-0.15, -0.1) is 0 Å². The van der Waals surface area contributed by atoms with Crippen LogP contribution in [-0.4, -0.2) is 14.2 Å². The number of ether oxygens (including phenoxy) is 2. The van der Waals surface area contributed by atoms with Crippen LogP contribution in [0.3, 0.4) is 0 Å². The molecule has 0 unspecified atom stereocenters. The molecular weight excluding hydrogens is 337 g/mol. The van der Waals surface area contributed by atoms with Crippen LogP contribution in [0.1, 0.15) is 11.1 Å². The second kappa shape index (κ2) is 7.43. The quantitative estimate of drug-likeness (QED) is 0.854. The standard InChI is InChI=1S/C16H17BrFNO2/c1-20-15-8-13(17)7-12(16(15)21-2)10-19-9-11-3-5-14(18)6-4-11/h3-8,19H,9-10H2,1-2H3. The van der Waals surface area contributed by atoms with Crippen molar-refractivity contribution < 1.29 is 13.9 Å². The molecule has 1 N–H and O–H groups in total. The van der Waals surface area contributed by atoms with Crippen LogP contribution < -0.4 is 14.8 Å². The lowest BCUT2D eigenvalue weighted by Gasteiger charge is -2.14. The van der Waals surface area contributed by atoms with Crippen LogP contribution in [0.2, 0.25) is 0 Å². The van der Waals surface area contributed by atoms with Crippen molar-refractivity contribution in [1.29, 1.82) is 0 Å². The van der Waals surface area contributed by atoms with Gasteiger partial charge in [0.1, 0.15) is 5.82 Å². The van der Waals surface area contributed by atoms with Gasteiger partial charge in [-0.3, -0.25) is 0 Å². The molecule has 0 bridgehead atoms. The number of rotatable bonds is 6. The molecular formula is C16H17BrFNO2. The van der Waals surface area contributed by atoms with Crippen LogP contribution in [0, 0.1) is 5.82 Å². The Balaban J connectivity index is 2.05. The molecule has 0 atom stereocenters. The van der Waals surface area contributed by atoms with Crippen molar-refractivity contribution in [2.24, 2.45) is 0 Å². The summed E-state index contributed by atoms with van der Waals surface area (Å²) in [6.07, 6.45) is 0. The molecule has 2 rings (SSSR count). The highest BCUT2D eigenvalue weighted by Crippen LogP contribution is 2.34. The minimum absolute atomic E-state index is 0.225. The van der Waals surface area contributed by atoms with Gasteiger partial charge < -0.3 is 14.8 Å². The molecule has 3 nitrogen and oxygen atoms in total. The van der Waals surface area contributed by atoms with E-state index in [9.17, 15) is 4.39 Å². The van der Waals surface area contributed by atoms with E-state index in [-0.39, 0.29) is 5.82 Å². The summed E-state index contributed by atoms with van der Waals surface area (Å²) in [4.78, 5) is 0. The van der Waals surface area contributed by atoms with Crippen LogP contribution in [0.5, 0.6) is 11.5 Å². The Labute approximate surface area is 132 Å². The van der Waals surface area contributed by atoms with Gasteiger partial charge in [0.25, 0.3) is 0 Å². The van der Waals surface area contributed by atoms with Gasteiger partial charge in [-0.25, -0.2) is 4.39 Å². The minimum Gasteiger partial charge on any atom is -0.493 e. The van der Waals surface area contributed by atoms with E-state index in [0.29, 0.717) is 24.6 Å². The van der Waals surface area contributed by atoms with Crippen molar-refractivity contribution >= 4 is 15.9 Å². The van der Waals surface area contributed by atoms with E-state index in [2.05, 4.69) is 21.2 Å². The van der Waals surface area contributed by atoms with Crippen LogP contribution in [0.25, 0.3) is 0 Å². The largest absolute Gasteiger partial charge is 0.493 e. The molecule has 0 aliphatic rings. The maximum atomic E-state index is 12.8. The van der Waals surface area contributed by atoms with Crippen molar-refractivity contribution in [3.8, 4) is 11.5 Å². The topological polar surface area (TPSA) is 30.5 Å². The van der Waals surface area contributed by atoms with Gasteiger partial charge >= 0.3 is 0 Å². The van der Waals surface area contributed by atoms with Crippen molar-refractivity contribution in [3.05, 3.63) is 57.8 Å². The van der Waals surface area contributed by atoms with Gasteiger partial charge in [-0.05, 0) is 29.8 Å². The Hall–Kier alpha value is -1.59. The van der Waals surface area contributed by atoms with E-state index in [1.807, 2.05) is 12.1 Å². The minimum atomic E-state index is -0.225. The lowest BCUT2D eigenvalue weighted by atomic mass is 10.1. The summed E-state index contributed by atoms with van der Waals surface area (Å²) in [5.74, 6) is 1.18. The summed E-state index contributed by atoms with van der Waals surface area (Å²) < 4.78 is 24.5.